The molecular weight excluding hydrogens is 318 g/mol. The molecule has 5 nitrogen and oxygen atoms in total. The van der Waals surface area contributed by atoms with Crippen LogP contribution in [0.3, 0.4) is 0 Å². The van der Waals surface area contributed by atoms with E-state index in [4.69, 9.17) is 13.9 Å². The fraction of sp³-hybridized carbons (Fsp3) is 0.250. The summed E-state index contributed by atoms with van der Waals surface area (Å²) in [6.45, 7) is 4.79. The van der Waals surface area contributed by atoms with E-state index >= 15 is 0 Å². The number of hydrogen-bond donors (Lipinski definition) is 1. The standard InChI is InChI=1S/C20H21NO4/c1-13-7-8-14(2)17(11-13)24-10-9-21-20(22)18-12-15-5-4-6-16(23-3)19(15)25-18/h4-8,11-12H,9-10H2,1-3H3,(H,21,22). The van der Waals surface area contributed by atoms with E-state index in [1.807, 2.05) is 44.2 Å². The average molecular weight is 339 g/mol. The van der Waals surface area contributed by atoms with Gasteiger partial charge in [0.2, 0.25) is 0 Å². The van der Waals surface area contributed by atoms with Crippen molar-refractivity contribution in [2.75, 3.05) is 20.3 Å². The second-order valence-corrected chi connectivity index (χ2v) is 5.86. The number of amides is 1. The fourth-order valence-corrected chi connectivity index (χ4v) is 2.58. The summed E-state index contributed by atoms with van der Waals surface area (Å²) in [6.07, 6.45) is 0. The molecule has 3 rings (SSSR count). The molecule has 0 aliphatic heterocycles. The number of fused-ring (bicyclic) bond motifs is 1. The molecule has 0 bridgehead atoms. The monoisotopic (exact) mass is 339 g/mol. The smallest absolute Gasteiger partial charge is 0.287 e. The first-order valence-electron chi connectivity index (χ1n) is 8.13. The summed E-state index contributed by atoms with van der Waals surface area (Å²) < 4.78 is 16.6. The number of rotatable bonds is 6. The van der Waals surface area contributed by atoms with Crippen molar-refractivity contribution < 1.29 is 18.7 Å². The van der Waals surface area contributed by atoms with E-state index in [-0.39, 0.29) is 11.7 Å². The summed E-state index contributed by atoms with van der Waals surface area (Å²) in [7, 11) is 1.57. The Bertz CT molecular complexity index is 898. The highest BCUT2D eigenvalue weighted by molar-refractivity contribution is 5.97. The van der Waals surface area contributed by atoms with Gasteiger partial charge in [-0.2, -0.15) is 0 Å². The van der Waals surface area contributed by atoms with Crippen LogP contribution in [-0.2, 0) is 0 Å². The average Bonchev–Trinajstić information content (AvgIpc) is 3.05. The zero-order valence-corrected chi connectivity index (χ0v) is 14.6. The highest BCUT2D eigenvalue weighted by Crippen LogP contribution is 2.28. The van der Waals surface area contributed by atoms with Gasteiger partial charge < -0.3 is 19.2 Å². The summed E-state index contributed by atoms with van der Waals surface area (Å²) in [6, 6.07) is 13.3. The van der Waals surface area contributed by atoms with Crippen LogP contribution in [0, 0.1) is 13.8 Å². The van der Waals surface area contributed by atoms with E-state index in [0.29, 0.717) is 24.5 Å². The highest BCUT2D eigenvalue weighted by Gasteiger charge is 2.14. The first kappa shape index (κ1) is 16.9. The predicted molar refractivity (Wildman–Crippen MR) is 96.5 cm³/mol. The molecule has 1 N–H and O–H groups in total. The van der Waals surface area contributed by atoms with E-state index in [2.05, 4.69) is 5.32 Å². The third-order valence-corrected chi connectivity index (χ3v) is 3.94. The summed E-state index contributed by atoms with van der Waals surface area (Å²) >= 11 is 0. The van der Waals surface area contributed by atoms with E-state index in [0.717, 1.165) is 22.3 Å². The zero-order valence-electron chi connectivity index (χ0n) is 14.6. The molecule has 1 heterocycles. The Kier molecular flexibility index (Phi) is 4.93. The number of carbonyl (C=O) groups excluding carboxylic acids is 1. The lowest BCUT2D eigenvalue weighted by atomic mass is 10.1. The lowest BCUT2D eigenvalue weighted by molar-refractivity contribution is 0.0921. The van der Waals surface area contributed by atoms with Gasteiger partial charge in [0.05, 0.1) is 13.7 Å². The lowest BCUT2D eigenvalue weighted by Crippen LogP contribution is -2.27. The molecule has 0 spiro atoms. The van der Waals surface area contributed by atoms with Gasteiger partial charge in [-0.1, -0.05) is 24.3 Å². The Morgan fingerprint density at radius 1 is 1.12 bits per heavy atom. The molecule has 25 heavy (non-hydrogen) atoms. The normalized spacial score (nSPS) is 10.7. The van der Waals surface area contributed by atoms with E-state index in [9.17, 15) is 4.79 Å². The molecule has 0 fully saturated rings. The molecule has 0 radical (unpaired) electrons. The molecule has 2 aromatic carbocycles. The van der Waals surface area contributed by atoms with Gasteiger partial charge in [-0.05, 0) is 43.2 Å². The zero-order chi connectivity index (χ0) is 17.8. The van der Waals surface area contributed by atoms with Crippen LogP contribution in [-0.4, -0.2) is 26.2 Å². The van der Waals surface area contributed by atoms with Crippen LogP contribution in [0.5, 0.6) is 11.5 Å². The number of para-hydroxylation sites is 1. The number of furan rings is 1. The Morgan fingerprint density at radius 2 is 1.96 bits per heavy atom. The predicted octanol–water partition coefficient (Wildman–Crippen LogP) is 3.87. The SMILES string of the molecule is COc1cccc2cc(C(=O)NCCOc3cc(C)ccc3C)oc12. The van der Waals surface area contributed by atoms with Crippen molar-refractivity contribution in [2.45, 2.75) is 13.8 Å². The molecule has 5 heteroatoms. The second kappa shape index (κ2) is 7.30. The van der Waals surface area contributed by atoms with Gasteiger partial charge >= 0.3 is 0 Å². The third kappa shape index (κ3) is 3.76. The molecule has 0 saturated carbocycles. The Balaban J connectivity index is 1.58. The van der Waals surface area contributed by atoms with Gasteiger partial charge in [0.25, 0.3) is 5.91 Å². The number of carbonyl (C=O) groups is 1. The fourth-order valence-electron chi connectivity index (χ4n) is 2.58. The van der Waals surface area contributed by atoms with Crippen LogP contribution >= 0.6 is 0 Å². The molecule has 0 aliphatic carbocycles. The summed E-state index contributed by atoms with van der Waals surface area (Å²) in [5.74, 6) is 1.42. The Hall–Kier alpha value is -2.95. The Morgan fingerprint density at radius 3 is 2.76 bits per heavy atom. The molecule has 0 atom stereocenters. The topological polar surface area (TPSA) is 60.7 Å². The number of aryl methyl sites for hydroxylation is 2. The van der Waals surface area contributed by atoms with Crippen LogP contribution in [0.15, 0.2) is 46.9 Å². The maximum Gasteiger partial charge on any atom is 0.287 e. The molecule has 1 aromatic heterocycles. The molecule has 130 valence electrons. The summed E-state index contributed by atoms with van der Waals surface area (Å²) in [5, 5.41) is 3.63. The van der Waals surface area contributed by atoms with E-state index in [1.54, 1.807) is 19.2 Å². The van der Waals surface area contributed by atoms with Crippen molar-refractivity contribution >= 4 is 16.9 Å². The molecule has 0 aliphatic rings. The molecular formula is C20H21NO4. The van der Waals surface area contributed by atoms with Gasteiger partial charge in [0.1, 0.15) is 12.4 Å². The quantitative estimate of drug-likeness (QED) is 0.693. The van der Waals surface area contributed by atoms with Gasteiger partial charge in [-0.15, -0.1) is 0 Å². The molecule has 0 saturated heterocycles. The van der Waals surface area contributed by atoms with Gasteiger partial charge in [0, 0.05) is 5.39 Å². The molecule has 0 unspecified atom stereocenters. The summed E-state index contributed by atoms with van der Waals surface area (Å²) in [4.78, 5) is 12.2. The van der Waals surface area contributed by atoms with Crippen molar-refractivity contribution in [3.8, 4) is 11.5 Å². The number of benzene rings is 2. The number of ether oxygens (including phenoxy) is 2. The number of methoxy groups -OCH3 is 1. The number of hydrogen-bond acceptors (Lipinski definition) is 4. The minimum Gasteiger partial charge on any atom is -0.493 e. The van der Waals surface area contributed by atoms with E-state index in [1.165, 1.54) is 0 Å². The summed E-state index contributed by atoms with van der Waals surface area (Å²) in [5.41, 5.74) is 2.78. The van der Waals surface area contributed by atoms with Crippen LogP contribution in [0.25, 0.3) is 11.0 Å². The largest absolute Gasteiger partial charge is 0.493 e. The minimum atomic E-state index is -0.275. The van der Waals surface area contributed by atoms with E-state index < -0.39 is 0 Å². The van der Waals surface area contributed by atoms with Crippen LogP contribution < -0.4 is 14.8 Å². The van der Waals surface area contributed by atoms with Crippen LogP contribution in [0.4, 0.5) is 0 Å². The second-order valence-electron chi connectivity index (χ2n) is 5.86. The third-order valence-electron chi connectivity index (χ3n) is 3.94. The van der Waals surface area contributed by atoms with Crippen LogP contribution in [0.1, 0.15) is 21.7 Å². The van der Waals surface area contributed by atoms with Gasteiger partial charge in [-0.3, -0.25) is 4.79 Å². The highest BCUT2D eigenvalue weighted by atomic mass is 16.5. The van der Waals surface area contributed by atoms with Gasteiger partial charge in [0.15, 0.2) is 17.1 Å². The Labute approximate surface area is 146 Å². The number of nitrogens with one attached hydrogen (secondary N) is 1. The van der Waals surface area contributed by atoms with Crippen LogP contribution in [0.2, 0.25) is 0 Å². The molecule has 1 amide bonds. The van der Waals surface area contributed by atoms with Crippen molar-refractivity contribution in [1.29, 1.82) is 0 Å². The van der Waals surface area contributed by atoms with Crippen molar-refractivity contribution in [1.82, 2.24) is 5.32 Å². The van der Waals surface area contributed by atoms with Crippen molar-refractivity contribution in [3.05, 3.63) is 59.4 Å². The van der Waals surface area contributed by atoms with Crippen molar-refractivity contribution in [3.63, 3.8) is 0 Å². The van der Waals surface area contributed by atoms with Gasteiger partial charge in [-0.25, -0.2) is 0 Å². The molecule has 3 aromatic rings. The lowest BCUT2D eigenvalue weighted by Gasteiger charge is -2.10. The minimum absolute atomic E-state index is 0.256. The van der Waals surface area contributed by atoms with Crippen molar-refractivity contribution in [2.24, 2.45) is 0 Å². The maximum absolute atomic E-state index is 12.2. The maximum atomic E-state index is 12.2. The first-order chi connectivity index (χ1) is 12.1. The first-order valence-corrected chi connectivity index (χ1v) is 8.13.